The molecule has 0 aromatic heterocycles. The third-order valence-corrected chi connectivity index (χ3v) is 4.64. The van der Waals surface area contributed by atoms with E-state index in [4.69, 9.17) is 14.0 Å². The minimum atomic E-state index is -0.504. The van der Waals surface area contributed by atoms with E-state index in [1.165, 1.54) is 12.1 Å². The zero-order chi connectivity index (χ0) is 16.5. The Balaban J connectivity index is 2.35. The fourth-order valence-electron chi connectivity index (χ4n) is 2.20. The van der Waals surface area contributed by atoms with Crippen LogP contribution in [0.2, 0.25) is 0 Å². The Morgan fingerprint density at radius 3 is 2.36 bits per heavy atom. The standard InChI is InChI=1S/C16H22BFO3S/c1-15(2)16(3,4)21-17(20-15)12(10-22)8-11-9-13(18)6-7-14(11)19-5/h6-9,22H,10H2,1-5H3. The molecule has 0 N–H and O–H groups in total. The van der Waals surface area contributed by atoms with E-state index in [9.17, 15) is 4.39 Å². The summed E-state index contributed by atoms with van der Waals surface area (Å²) in [6.45, 7) is 7.97. The van der Waals surface area contributed by atoms with E-state index in [2.05, 4.69) is 12.6 Å². The average molecular weight is 324 g/mol. The largest absolute Gasteiger partial charge is 0.496 e. The summed E-state index contributed by atoms with van der Waals surface area (Å²) < 4.78 is 30.8. The molecular weight excluding hydrogens is 302 g/mol. The van der Waals surface area contributed by atoms with Crippen LogP contribution in [0.3, 0.4) is 0 Å². The van der Waals surface area contributed by atoms with Gasteiger partial charge >= 0.3 is 7.12 Å². The molecule has 1 aromatic rings. The molecule has 2 rings (SSSR count). The van der Waals surface area contributed by atoms with Crippen molar-refractivity contribution in [1.29, 1.82) is 0 Å². The van der Waals surface area contributed by atoms with Gasteiger partial charge in [-0.15, -0.1) is 0 Å². The van der Waals surface area contributed by atoms with Crippen LogP contribution < -0.4 is 4.74 Å². The van der Waals surface area contributed by atoms with Crippen LogP contribution in [0.1, 0.15) is 33.3 Å². The third kappa shape index (κ3) is 3.34. The summed E-state index contributed by atoms with van der Waals surface area (Å²) in [7, 11) is 1.05. The first kappa shape index (κ1) is 17.4. The molecular formula is C16H22BFO3S. The van der Waals surface area contributed by atoms with Crippen LogP contribution >= 0.6 is 12.6 Å². The van der Waals surface area contributed by atoms with Gasteiger partial charge in [-0.2, -0.15) is 12.6 Å². The maximum absolute atomic E-state index is 13.5. The Kier molecular flexibility index (Phi) is 4.95. The molecule has 6 heteroatoms. The van der Waals surface area contributed by atoms with E-state index in [-0.39, 0.29) is 5.82 Å². The van der Waals surface area contributed by atoms with Crippen molar-refractivity contribution in [3.05, 3.63) is 35.1 Å². The molecule has 0 bridgehead atoms. The van der Waals surface area contributed by atoms with Gasteiger partial charge in [-0.1, -0.05) is 6.08 Å². The Labute approximate surface area is 137 Å². The maximum atomic E-state index is 13.5. The Bertz CT molecular complexity index is 571. The molecule has 3 nitrogen and oxygen atoms in total. The molecule has 1 aromatic carbocycles. The van der Waals surface area contributed by atoms with Crippen molar-refractivity contribution in [3.63, 3.8) is 0 Å². The number of ether oxygens (including phenoxy) is 1. The fourth-order valence-corrected chi connectivity index (χ4v) is 2.44. The lowest BCUT2D eigenvalue weighted by Gasteiger charge is -2.32. The number of rotatable bonds is 4. The summed E-state index contributed by atoms with van der Waals surface area (Å²) in [6.07, 6.45) is 1.82. The number of hydrogen-bond acceptors (Lipinski definition) is 4. The first-order valence-electron chi connectivity index (χ1n) is 7.20. The minimum Gasteiger partial charge on any atom is -0.496 e. The van der Waals surface area contributed by atoms with Gasteiger partial charge in [0.2, 0.25) is 0 Å². The molecule has 1 aliphatic heterocycles. The number of halogens is 1. The van der Waals surface area contributed by atoms with Gasteiger partial charge < -0.3 is 14.0 Å². The SMILES string of the molecule is COc1ccc(F)cc1C=C(CS)B1OC(C)(C)C(C)(C)O1. The van der Waals surface area contributed by atoms with Crippen LogP contribution in [0.4, 0.5) is 4.39 Å². The number of methoxy groups -OCH3 is 1. The second-order valence-corrected chi connectivity index (χ2v) is 6.67. The third-order valence-electron chi connectivity index (χ3n) is 4.27. The van der Waals surface area contributed by atoms with Crippen molar-refractivity contribution in [2.75, 3.05) is 12.9 Å². The van der Waals surface area contributed by atoms with E-state index < -0.39 is 18.3 Å². The smallest absolute Gasteiger partial charge is 0.491 e. The van der Waals surface area contributed by atoms with E-state index in [1.54, 1.807) is 13.2 Å². The monoisotopic (exact) mass is 324 g/mol. The van der Waals surface area contributed by atoms with Crippen molar-refractivity contribution in [2.24, 2.45) is 0 Å². The normalized spacial score (nSPS) is 20.3. The van der Waals surface area contributed by atoms with Crippen LogP contribution in [0, 0.1) is 5.82 Å². The molecule has 0 spiro atoms. The van der Waals surface area contributed by atoms with Crippen molar-refractivity contribution in [3.8, 4) is 5.75 Å². The number of thiol groups is 1. The van der Waals surface area contributed by atoms with Gasteiger partial charge in [-0.05, 0) is 51.4 Å². The predicted octanol–water partition coefficient (Wildman–Crippen LogP) is 3.78. The van der Waals surface area contributed by atoms with Crippen LogP contribution in [-0.4, -0.2) is 31.2 Å². The highest BCUT2D eigenvalue weighted by molar-refractivity contribution is 7.80. The number of benzene rings is 1. The van der Waals surface area contributed by atoms with E-state index in [0.29, 0.717) is 17.1 Å². The Hall–Kier alpha value is -0.975. The fraction of sp³-hybridized carbons (Fsp3) is 0.500. The topological polar surface area (TPSA) is 27.7 Å². The molecule has 1 saturated heterocycles. The number of hydrogen-bond donors (Lipinski definition) is 1. The maximum Gasteiger partial charge on any atom is 0.491 e. The summed E-state index contributed by atoms with van der Waals surface area (Å²) in [5.41, 5.74) is 0.615. The van der Waals surface area contributed by atoms with Crippen LogP contribution in [-0.2, 0) is 9.31 Å². The highest BCUT2D eigenvalue weighted by Crippen LogP contribution is 2.39. The molecule has 0 atom stereocenters. The Morgan fingerprint density at radius 1 is 1.27 bits per heavy atom. The quantitative estimate of drug-likeness (QED) is 0.675. The second-order valence-electron chi connectivity index (χ2n) is 6.35. The Morgan fingerprint density at radius 2 is 1.86 bits per heavy atom. The molecule has 1 heterocycles. The van der Waals surface area contributed by atoms with Crippen molar-refractivity contribution in [1.82, 2.24) is 0 Å². The first-order valence-corrected chi connectivity index (χ1v) is 7.84. The summed E-state index contributed by atoms with van der Waals surface area (Å²) in [6, 6.07) is 4.39. The van der Waals surface area contributed by atoms with Crippen molar-refractivity contribution in [2.45, 2.75) is 38.9 Å². The second kappa shape index (κ2) is 6.26. The molecule has 22 heavy (non-hydrogen) atoms. The first-order chi connectivity index (χ1) is 10.2. The highest BCUT2D eigenvalue weighted by atomic mass is 32.1. The lowest BCUT2D eigenvalue weighted by Crippen LogP contribution is -2.41. The van der Waals surface area contributed by atoms with Gasteiger partial charge in [-0.3, -0.25) is 0 Å². The minimum absolute atomic E-state index is 0.320. The van der Waals surface area contributed by atoms with Crippen molar-refractivity contribution < 1.29 is 18.4 Å². The molecule has 0 aliphatic carbocycles. The molecule has 0 unspecified atom stereocenters. The molecule has 1 aliphatic rings. The van der Waals surface area contributed by atoms with Gasteiger partial charge in [0.15, 0.2) is 0 Å². The van der Waals surface area contributed by atoms with E-state index in [0.717, 1.165) is 5.47 Å². The lowest BCUT2D eigenvalue weighted by molar-refractivity contribution is 0.00578. The van der Waals surface area contributed by atoms with Crippen LogP contribution in [0.5, 0.6) is 5.75 Å². The van der Waals surface area contributed by atoms with Crippen LogP contribution in [0.25, 0.3) is 6.08 Å². The zero-order valence-electron chi connectivity index (χ0n) is 13.6. The predicted molar refractivity (Wildman–Crippen MR) is 90.9 cm³/mol. The van der Waals surface area contributed by atoms with Gasteiger partial charge in [-0.25, -0.2) is 4.39 Å². The summed E-state index contributed by atoms with van der Waals surface area (Å²) >= 11 is 4.36. The summed E-state index contributed by atoms with van der Waals surface area (Å²) in [5, 5.41) is 0. The molecule has 0 amide bonds. The van der Waals surface area contributed by atoms with Crippen molar-refractivity contribution >= 4 is 25.8 Å². The highest BCUT2D eigenvalue weighted by Gasteiger charge is 2.52. The molecule has 0 saturated carbocycles. The van der Waals surface area contributed by atoms with Gasteiger partial charge in [0.25, 0.3) is 0 Å². The summed E-state index contributed by atoms with van der Waals surface area (Å²) in [5.74, 6) is 0.716. The molecule has 0 radical (unpaired) electrons. The van der Waals surface area contributed by atoms with E-state index in [1.807, 2.05) is 33.8 Å². The van der Waals surface area contributed by atoms with Crippen LogP contribution in [0.15, 0.2) is 23.7 Å². The van der Waals surface area contributed by atoms with E-state index >= 15 is 0 Å². The van der Waals surface area contributed by atoms with Gasteiger partial charge in [0, 0.05) is 11.3 Å². The lowest BCUT2D eigenvalue weighted by atomic mass is 9.78. The molecule has 120 valence electrons. The average Bonchev–Trinajstić information content (AvgIpc) is 2.64. The zero-order valence-corrected chi connectivity index (χ0v) is 14.5. The molecule has 1 fully saturated rings. The van der Waals surface area contributed by atoms with Gasteiger partial charge in [0.1, 0.15) is 11.6 Å². The van der Waals surface area contributed by atoms with Gasteiger partial charge in [0.05, 0.1) is 18.3 Å². The summed E-state index contributed by atoms with van der Waals surface area (Å²) in [4.78, 5) is 0.